The van der Waals surface area contributed by atoms with Crippen LogP contribution in [0.25, 0.3) is 0 Å². The molecule has 0 saturated carbocycles. The van der Waals surface area contributed by atoms with Crippen molar-refractivity contribution in [2.24, 2.45) is 0 Å². The molecule has 0 radical (unpaired) electrons. The molecule has 0 heterocycles. The van der Waals surface area contributed by atoms with Crippen molar-refractivity contribution in [1.82, 2.24) is 8.82 Å². The van der Waals surface area contributed by atoms with Crippen molar-refractivity contribution in [1.29, 1.82) is 0 Å². The molecule has 2 amide bonds. The van der Waals surface area contributed by atoms with Gasteiger partial charge in [0, 0.05) is 0 Å². The number of carbonyl (C=O) groups excluding carboxylic acids is 2. The molecule has 7 nitrogen and oxygen atoms in total. The molecular weight excluding hydrogens is 317 g/mol. The summed E-state index contributed by atoms with van der Waals surface area (Å²) >= 11 is -0.683. The van der Waals surface area contributed by atoms with Crippen LogP contribution < -0.4 is 0 Å². The fraction of sp³-hybridized carbons (Fsp3) is 0.273. The molecule has 0 aromatic heterocycles. The van der Waals surface area contributed by atoms with Crippen LogP contribution in [0.15, 0.2) is 24.3 Å². The molecule has 0 atom stereocenters. The fourth-order valence-corrected chi connectivity index (χ4v) is 2.75. The fourth-order valence-electron chi connectivity index (χ4n) is 1.22. The Labute approximate surface area is 116 Å². The number of rotatable bonds is 4. The summed E-state index contributed by atoms with van der Waals surface area (Å²) in [4.78, 5) is 34.8. The molecule has 0 unspecified atom stereocenters. The van der Waals surface area contributed by atoms with Gasteiger partial charge >= 0.3 is 116 Å². The van der Waals surface area contributed by atoms with Crippen molar-refractivity contribution < 1.29 is 14.5 Å². The second kappa shape index (κ2) is 6.31. The van der Waals surface area contributed by atoms with Gasteiger partial charge in [-0.15, -0.1) is 0 Å². The topological polar surface area (TPSA) is 83.8 Å². The standard InChI is InChI=1S/C11H13N3O4Se/c1-12(2)11(16)13(3)19-10(15)8-4-6-9(7-5-8)14(17)18/h4-7H,1-3H3. The van der Waals surface area contributed by atoms with Crippen LogP contribution in [0, 0.1) is 10.1 Å². The number of carbonyl (C=O) groups is 2. The molecule has 0 fully saturated rings. The normalized spacial score (nSPS) is 9.84. The summed E-state index contributed by atoms with van der Waals surface area (Å²) in [6, 6.07) is 5.09. The van der Waals surface area contributed by atoms with Gasteiger partial charge in [-0.3, -0.25) is 0 Å². The van der Waals surface area contributed by atoms with Gasteiger partial charge in [0.1, 0.15) is 0 Å². The Morgan fingerprint density at radius 3 is 2.11 bits per heavy atom. The van der Waals surface area contributed by atoms with E-state index in [9.17, 15) is 19.7 Å². The number of urea groups is 1. The first-order chi connectivity index (χ1) is 8.82. The number of nitro benzene ring substituents is 1. The molecule has 8 heteroatoms. The van der Waals surface area contributed by atoms with E-state index in [4.69, 9.17) is 0 Å². The zero-order chi connectivity index (χ0) is 14.6. The second-order valence-electron chi connectivity index (χ2n) is 3.86. The molecule has 0 saturated heterocycles. The SMILES string of the molecule is CN(C)C(=O)N(C)[Se]C(=O)c1ccc([N+](=O)[O-])cc1. The van der Waals surface area contributed by atoms with Crippen molar-refractivity contribution in [3.05, 3.63) is 39.9 Å². The third-order valence-corrected chi connectivity index (χ3v) is 3.93. The number of hydrogen-bond acceptors (Lipinski definition) is 4. The molecule has 0 aliphatic rings. The van der Waals surface area contributed by atoms with Gasteiger partial charge in [0.15, 0.2) is 0 Å². The van der Waals surface area contributed by atoms with Crippen LogP contribution in [-0.2, 0) is 0 Å². The minimum absolute atomic E-state index is 0.0678. The van der Waals surface area contributed by atoms with Crippen LogP contribution in [0.5, 0.6) is 0 Å². The Balaban J connectivity index is 2.73. The van der Waals surface area contributed by atoms with E-state index in [0.717, 1.165) is 0 Å². The average Bonchev–Trinajstić information content (AvgIpc) is 2.37. The van der Waals surface area contributed by atoms with E-state index >= 15 is 0 Å². The van der Waals surface area contributed by atoms with Crippen molar-refractivity contribution in [2.45, 2.75) is 0 Å². The summed E-state index contributed by atoms with van der Waals surface area (Å²) in [6.07, 6.45) is 0. The van der Waals surface area contributed by atoms with Crippen LogP contribution in [0.4, 0.5) is 10.5 Å². The molecule has 0 aliphatic carbocycles. The first kappa shape index (κ1) is 15.1. The van der Waals surface area contributed by atoms with Crippen LogP contribution in [-0.4, -0.2) is 60.8 Å². The van der Waals surface area contributed by atoms with Crippen LogP contribution >= 0.6 is 0 Å². The Morgan fingerprint density at radius 2 is 1.68 bits per heavy atom. The number of hydrogen-bond donors (Lipinski definition) is 0. The quantitative estimate of drug-likeness (QED) is 0.468. The predicted molar refractivity (Wildman–Crippen MR) is 70.0 cm³/mol. The van der Waals surface area contributed by atoms with E-state index in [0.29, 0.717) is 5.56 Å². The predicted octanol–water partition coefficient (Wildman–Crippen LogP) is 0.968. The summed E-state index contributed by atoms with van der Waals surface area (Å²) in [5.41, 5.74) is 0.297. The summed E-state index contributed by atoms with van der Waals surface area (Å²) in [6.45, 7) is 0. The van der Waals surface area contributed by atoms with E-state index in [1.54, 1.807) is 21.1 Å². The molecule has 0 spiro atoms. The van der Waals surface area contributed by atoms with E-state index in [1.165, 1.54) is 33.1 Å². The van der Waals surface area contributed by atoms with Crippen LogP contribution in [0.3, 0.4) is 0 Å². The van der Waals surface area contributed by atoms with Crippen molar-refractivity contribution in [3.63, 3.8) is 0 Å². The number of amides is 2. The Kier molecular flexibility index (Phi) is 5.02. The monoisotopic (exact) mass is 331 g/mol. The van der Waals surface area contributed by atoms with Crippen molar-refractivity contribution in [3.8, 4) is 0 Å². The minimum atomic E-state index is -0.683. The third kappa shape index (κ3) is 4.04. The third-order valence-electron chi connectivity index (χ3n) is 2.19. The number of nitrogens with zero attached hydrogens (tertiary/aromatic N) is 3. The maximum absolute atomic E-state index is 11.9. The van der Waals surface area contributed by atoms with Crippen molar-refractivity contribution >= 4 is 31.6 Å². The van der Waals surface area contributed by atoms with E-state index in [1.807, 2.05) is 0 Å². The second-order valence-corrected chi connectivity index (χ2v) is 6.17. The van der Waals surface area contributed by atoms with Crippen molar-refractivity contribution in [2.75, 3.05) is 21.1 Å². The molecule has 1 rings (SSSR count). The first-order valence-corrected chi connectivity index (χ1v) is 6.87. The summed E-state index contributed by atoms with van der Waals surface area (Å²) in [7, 11) is 4.75. The average molecular weight is 330 g/mol. The number of benzene rings is 1. The van der Waals surface area contributed by atoms with Crippen LogP contribution in [0.2, 0.25) is 0 Å². The van der Waals surface area contributed by atoms with E-state index < -0.39 is 20.1 Å². The molecule has 0 aliphatic heterocycles. The van der Waals surface area contributed by atoms with Gasteiger partial charge in [0.25, 0.3) is 0 Å². The molecule has 19 heavy (non-hydrogen) atoms. The maximum atomic E-state index is 11.9. The van der Waals surface area contributed by atoms with Gasteiger partial charge in [0.05, 0.1) is 0 Å². The molecular formula is C11H13N3O4Se. The molecule has 1 aromatic rings. The molecule has 0 bridgehead atoms. The molecule has 0 N–H and O–H groups in total. The van der Waals surface area contributed by atoms with Crippen LogP contribution in [0.1, 0.15) is 10.4 Å². The molecule has 102 valence electrons. The van der Waals surface area contributed by atoms with Gasteiger partial charge in [-0.2, -0.15) is 0 Å². The van der Waals surface area contributed by atoms with Gasteiger partial charge in [0.2, 0.25) is 0 Å². The Morgan fingerprint density at radius 1 is 1.16 bits per heavy atom. The van der Waals surface area contributed by atoms with Gasteiger partial charge in [-0.05, 0) is 0 Å². The summed E-state index contributed by atoms with van der Waals surface area (Å²) in [5.74, 6) is 0. The van der Waals surface area contributed by atoms with Gasteiger partial charge < -0.3 is 0 Å². The summed E-state index contributed by atoms with van der Waals surface area (Å²) < 4.78 is 1.14. The Bertz CT molecular complexity index is 501. The first-order valence-electron chi connectivity index (χ1n) is 5.24. The number of non-ortho nitro benzene ring substituents is 1. The zero-order valence-corrected chi connectivity index (χ0v) is 12.4. The number of nitro groups is 1. The van der Waals surface area contributed by atoms with Gasteiger partial charge in [-0.1, -0.05) is 0 Å². The van der Waals surface area contributed by atoms with Gasteiger partial charge in [-0.25, -0.2) is 0 Å². The molecule has 1 aromatic carbocycles. The van der Waals surface area contributed by atoms with E-state index in [-0.39, 0.29) is 16.4 Å². The zero-order valence-electron chi connectivity index (χ0n) is 10.7. The Hall–Kier alpha value is -1.92. The summed E-state index contributed by atoms with van der Waals surface area (Å²) in [5, 5.41) is 10.5. The van der Waals surface area contributed by atoms with E-state index in [2.05, 4.69) is 0 Å².